The van der Waals surface area contributed by atoms with Crippen molar-refractivity contribution in [1.29, 1.82) is 0 Å². The zero-order valence-corrected chi connectivity index (χ0v) is 5.73. The summed E-state index contributed by atoms with van der Waals surface area (Å²) in [6.45, 7) is 3.72. The zero-order valence-electron chi connectivity index (χ0n) is 5.73. The van der Waals surface area contributed by atoms with Gasteiger partial charge < -0.3 is 0 Å². The van der Waals surface area contributed by atoms with Crippen molar-refractivity contribution in [3.63, 3.8) is 0 Å². The van der Waals surface area contributed by atoms with E-state index >= 15 is 0 Å². The van der Waals surface area contributed by atoms with Gasteiger partial charge in [0, 0.05) is 0 Å². The van der Waals surface area contributed by atoms with Gasteiger partial charge in [-0.05, 0) is 18.9 Å². The molecule has 0 saturated carbocycles. The average molecular weight is 125 g/mol. The highest BCUT2D eigenvalue weighted by Gasteiger charge is 1.82. The standard InChI is InChI=1S/C8H13O/c1-2-3-4-5-6-7-8-9/h7H,1-6H2. The van der Waals surface area contributed by atoms with Crippen molar-refractivity contribution in [2.75, 3.05) is 0 Å². The lowest BCUT2D eigenvalue weighted by Gasteiger charge is -1.91. The van der Waals surface area contributed by atoms with Crippen LogP contribution >= 0.6 is 0 Å². The summed E-state index contributed by atoms with van der Waals surface area (Å²) in [4.78, 5) is 9.64. The molecule has 1 heteroatoms. The normalized spacial score (nSPS) is 8.56. The Morgan fingerprint density at radius 2 is 2.11 bits per heavy atom. The molecule has 0 fully saturated rings. The molecule has 51 valence electrons. The van der Waals surface area contributed by atoms with Crippen molar-refractivity contribution in [3.05, 3.63) is 13.0 Å². The number of allylic oxidation sites excluding steroid dienone is 1. The fourth-order valence-electron chi connectivity index (χ4n) is 0.659. The van der Waals surface area contributed by atoms with E-state index in [1.54, 1.807) is 12.0 Å². The maximum atomic E-state index is 9.64. The molecule has 0 aromatic heterocycles. The second-order valence-electron chi connectivity index (χ2n) is 2.02. The van der Waals surface area contributed by atoms with Gasteiger partial charge in [-0.1, -0.05) is 26.2 Å². The van der Waals surface area contributed by atoms with Crippen molar-refractivity contribution in [1.82, 2.24) is 0 Å². The molecule has 0 aliphatic rings. The molecular weight excluding hydrogens is 112 g/mol. The molecule has 0 N–H and O–H groups in total. The molecule has 0 saturated heterocycles. The maximum absolute atomic E-state index is 9.64. The second kappa shape index (κ2) is 7.45. The van der Waals surface area contributed by atoms with Crippen LogP contribution in [-0.4, -0.2) is 5.94 Å². The first-order valence-electron chi connectivity index (χ1n) is 3.40. The number of carbonyl (C=O) groups excluding carboxylic acids is 1. The van der Waals surface area contributed by atoms with E-state index in [0.717, 1.165) is 19.3 Å². The topological polar surface area (TPSA) is 17.1 Å². The fraction of sp³-hybridized carbons (Fsp3) is 0.625. The van der Waals surface area contributed by atoms with Crippen LogP contribution in [0.3, 0.4) is 0 Å². The summed E-state index contributed by atoms with van der Waals surface area (Å²) in [6.07, 6.45) is 6.89. The van der Waals surface area contributed by atoms with Gasteiger partial charge in [-0.2, -0.15) is 0 Å². The van der Waals surface area contributed by atoms with Crippen LogP contribution in [0.1, 0.15) is 32.1 Å². The molecule has 0 amide bonds. The van der Waals surface area contributed by atoms with Gasteiger partial charge in [0.2, 0.25) is 0 Å². The highest BCUT2D eigenvalue weighted by atomic mass is 16.1. The van der Waals surface area contributed by atoms with E-state index in [0.29, 0.717) is 0 Å². The predicted octanol–water partition coefficient (Wildman–Crippen LogP) is 2.16. The lowest BCUT2D eigenvalue weighted by Crippen LogP contribution is -1.73. The summed E-state index contributed by atoms with van der Waals surface area (Å²) in [5.74, 6) is 1.75. The van der Waals surface area contributed by atoms with Gasteiger partial charge >= 0.3 is 0 Å². The molecular formula is C8H13O. The molecule has 0 rings (SSSR count). The molecule has 0 heterocycles. The van der Waals surface area contributed by atoms with Gasteiger partial charge in [0.1, 0.15) is 5.94 Å². The molecule has 0 aliphatic carbocycles. The van der Waals surface area contributed by atoms with E-state index in [1.165, 1.54) is 12.8 Å². The number of hydrogen-bond donors (Lipinski definition) is 0. The van der Waals surface area contributed by atoms with Crippen molar-refractivity contribution in [3.8, 4) is 0 Å². The van der Waals surface area contributed by atoms with E-state index in [2.05, 4.69) is 6.92 Å². The molecule has 9 heavy (non-hydrogen) atoms. The largest absolute Gasteiger partial charge is 0.234 e. The first kappa shape index (κ1) is 8.45. The van der Waals surface area contributed by atoms with Crippen LogP contribution in [-0.2, 0) is 4.79 Å². The first-order valence-corrected chi connectivity index (χ1v) is 3.40. The molecule has 1 radical (unpaired) electrons. The Bertz CT molecular complexity index is 90.7. The van der Waals surface area contributed by atoms with Gasteiger partial charge in [0.25, 0.3) is 0 Å². The maximum Gasteiger partial charge on any atom is 0.120 e. The molecule has 0 aliphatic heterocycles. The SMILES string of the molecule is [CH2]CCCCCC=C=O. The Labute approximate surface area is 56.8 Å². The van der Waals surface area contributed by atoms with E-state index < -0.39 is 0 Å². The lowest BCUT2D eigenvalue weighted by atomic mass is 10.2. The highest BCUT2D eigenvalue weighted by molar-refractivity contribution is 5.44. The van der Waals surface area contributed by atoms with Gasteiger partial charge in [-0.15, -0.1) is 0 Å². The predicted molar refractivity (Wildman–Crippen MR) is 38.7 cm³/mol. The molecule has 1 nitrogen and oxygen atoms in total. The summed E-state index contributed by atoms with van der Waals surface area (Å²) in [5, 5.41) is 0. The van der Waals surface area contributed by atoms with E-state index in [9.17, 15) is 4.79 Å². The molecule has 0 bridgehead atoms. The van der Waals surface area contributed by atoms with E-state index in [-0.39, 0.29) is 0 Å². The monoisotopic (exact) mass is 125 g/mol. The Morgan fingerprint density at radius 1 is 1.33 bits per heavy atom. The molecule has 0 unspecified atom stereocenters. The third-order valence-electron chi connectivity index (χ3n) is 1.18. The summed E-state index contributed by atoms with van der Waals surface area (Å²) in [6, 6.07) is 0. The van der Waals surface area contributed by atoms with Gasteiger partial charge in [0.05, 0.1) is 0 Å². The van der Waals surface area contributed by atoms with Crippen molar-refractivity contribution >= 4 is 5.94 Å². The quantitative estimate of drug-likeness (QED) is 0.406. The van der Waals surface area contributed by atoms with Crippen LogP contribution in [0, 0.1) is 6.92 Å². The third-order valence-corrected chi connectivity index (χ3v) is 1.18. The number of unbranched alkanes of at least 4 members (excludes halogenated alkanes) is 4. The summed E-state index contributed by atoms with van der Waals surface area (Å²) in [7, 11) is 0. The van der Waals surface area contributed by atoms with Crippen LogP contribution in [0.25, 0.3) is 0 Å². The summed E-state index contributed by atoms with van der Waals surface area (Å²) >= 11 is 0. The van der Waals surface area contributed by atoms with E-state index in [1.807, 2.05) is 0 Å². The smallest absolute Gasteiger partial charge is 0.120 e. The summed E-state index contributed by atoms with van der Waals surface area (Å²) in [5.41, 5.74) is 0. The Hall–Kier alpha value is -0.550. The Morgan fingerprint density at radius 3 is 2.67 bits per heavy atom. The van der Waals surface area contributed by atoms with Crippen LogP contribution in [0.4, 0.5) is 0 Å². The summed E-state index contributed by atoms with van der Waals surface area (Å²) < 4.78 is 0. The van der Waals surface area contributed by atoms with Crippen LogP contribution in [0.15, 0.2) is 6.08 Å². The van der Waals surface area contributed by atoms with Gasteiger partial charge in [0.15, 0.2) is 0 Å². The third kappa shape index (κ3) is 7.45. The van der Waals surface area contributed by atoms with Gasteiger partial charge in [-0.3, -0.25) is 0 Å². The molecule has 0 atom stereocenters. The Balaban J connectivity index is 2.82. The first-order chi connectivity index (χ1) is 4.41. The number of hydrogen-bond acceptors (Lipinski definition) is 1. The molecule has 0 spiro atoms. The average Bonchev–Trinajstić information content (AvgIpc) is 1.89. The molecule has 0 aromatic rings. The fourth-order valence-corrected chi connectivity index (χ4v) is 0.659. The van der Waals surface area contributed by atoms with Crippen molar-refractivity contribution in [2.45, 2.75) is 32.1 Å². The minimum atomic E-state index is 0.878. The van der Waals surface area contributed by atoms with Crippen LogP contribution < -0.4 is 0 Å². The molecule has 0 aromatic carbocycles. The van der Waals surface area contributed by atoms with E-state index in [4.69, 9.17) is 0 Å². The van der Waals surface area contributed by atoms with Crippen molar-refractivity contribution in [2.24, 2.45) is 0 Å². The number of rotatable bonds is 5. The minimum Gasteiger partial charge on any atom is -0.234 e. The minimum absolute atomic E-state index is 0.878. The Kier molecular flexibility index (Phi) is 6.99. The van der Waals surface area contributed by atoms with Crippen LogP contribution in [0.2, 0.25) is 0 Å². The van der Waals surface area contributed by atoms with Crippen LogP contribution in [0.5, 0.6) is 0 Å². The second-order valence-corrected chi connectivity index (χ2v) is 2.02. The van der Waals surface area contributed by atoms with Crippen molar-refractivity contribution < 1.29 is 4.79 Å². The lowest BCUT2D eigenvalue weighted by molar-refractivity contribution is 0.567. The highest BCUT2D eigenvalue weighted by Crippen LogP contribution is 2.01. The zero-order chi connectivity index (χ0) is 6.95. The van der Waals surface area contributed by atoms with Gasteiger partial charge in [-0.25, -0.2) is 4.79 Å².